The zero-order valence-corrected chi connectivity index (χ0v) is 23.0. The molecule has 3 aliphatic rings. The molecule has 6 atom stereocenters. The summed E-state index contributed by atoms with van der Waals surface area (Å²) >= 11 is 1.47. The van der Waals surface area contributed by atoms with Gasteiger partial charge in [-0.15, -0.1) is 11.8 Å². The monoisotopic (exact) mass is 549 g/mol. The lowest BCUT2D eigenvalue weighted by Crippen LogP contribution is -2.63. The molecule has 4 heterocycles. The lowest BCUT2D eigenvalue weighted by Gasteiger charge is -2.46. The van der Waals surface area contributed by atoms with Crippen LogP contribution in [0.5, 0.6) is 0 Å². The molecule has 2 amide bonds. The van der Waals surface area contributed by atoms with Crippen molar-refractivity contribution in [1.29, 1.82) is 0 Å². The molecule has 1 aromatic rings. The van der Waals surface area contributed by atoms with Gasteiger partial charge < -0.3 is 28.8 Å². The lowest BCUT2D eigenvalue weighted by atomic mass is 9.79. The van der Waals surface area contributed by atoms with Crippen molar-refractivity contribution in [1.82, 2.24) is 15.1 Å². The van der Waals surface area contributed by atoms with Gasteiger partial charge in [-0.05, 0) is 46.2 Å². The zero-order chi connectivity index (χ0) is 27.8. The van der Waals surface area contributed by atoms with Crippen molar-refractivity contribution in [2.75, 3.05) is 13.3 Å². The van der Waals surface area contributed by atoms with Crippen molar-refractivity contribution < 1.29 is 38.2 Å². The minimum Gasteiger partial charge on any atom is -0.467 e. The molecule has 0 unspecified atom stereocenters. The topological polar surface area (TPSA) is 139 Å². The Kier molecular flexibility index (Phi) is 8.24. The van der Waals surface area contributed by atoms with Gasteiger partial charge in [0.2, 0.25) is 19.1 Å². The van der Waals surface area contributed by atoms with Crippen LogP contribution in [0.4, 0.5) is 0 Å². The van der Waals surface area contributed by atoms with E-state index >= 15 is 0 Å². The van der Waals surface area contributed by atoms with Gasteiger partial charge in [0.05, 0.1) is 42.5 Å². The number of esters is 2. The quantitative estimate of drug-likeness (QED) is 0.192. The number of amides is 2. The van der Waals surface area contributed by atoms with E-state index in [1.165, 1.54) is 16.7 Å². The summed E-state index contributed by atoms with van der Waals surface area (Å²) in [4.78, 5) is 53.7. The molecule has 0 bridgehead atoms. The lowest BCUT2D eigenvalue weighted by molar-refractivity contribution is -0.175. The largest absolute Gasteiger partial charge is 0.467 e. The van der Waals surface area contributed by atoms with Gasteiger partial charge in [0, 0.05) is 22.6 Å². The van der Waals surface area contributed by atoms with Gasteiger partial charge >= 0.3 is 11.9 Å². The number of furan rings is 1. The standard InChI is InChI=1S/C26H35N3O8S/c1-14-20-19(15(2)31)23(32)29(20)21(24(33)36-13-37-25(34)26(3,4)5)22(14)38-17-9-18(27-10-17)28(12-30)11-16-7-6-8-35-16/h6-8,12,14-15,17-20,27,31H,9-11,13H2,1-5H3/t14-,15-,17+,18+,19-,20-/m1/s1. The summed E-state index contributed by atoms with van der Waals surface area (Å²) in [5.74, 6) is -1.75. The molecule has 0 aliphatic carbocycles. The number of carbonyl (C=O) groups is 4. The highest BCUT2D eigenvalue weighted by molar-refractivity contribution is 8.03. The summed E-state index contributed by atoms with van der Waals surface area (Å²) in [7, 11) is 0. The molecule has 1 aromatic heterocycles. The number of thioether (sulfide) groups is 1. The molecule has 38 heavy (non-hydrogen) atoms. The summed E-state index contributed by atoms with van der Waals surface area (Å²) in [6, 6.07) is 3.21. The average Bonchev–Trinajstić information content (AvgIpc) is 3.57. The summed E-state index contributed by atoms with van der Waals surface area (Å²) in [6.07, 6.45) is 1.88. The van der Waals surface area contributed by atoms with E-state index in [0.29, 0.717) is 30.2 Å². The van der Waals surface area contributed by atoms with Gasteiger partial charge in [-0.25, -0.2) is 4.79 Å². The van der Waals surface area contributed by atoms with E-state index in [-0.39, 0.29) is 35.0 Å². The molecule has 12 heteroatoms. The van der Waals surface area contributed by atoms with Gasteiger partial charge in [-0.1, -0.05) is 6.92 Å². The van der Waals surface area contributed by atoms with Crippen molar-refractivity contribution in [3.63, 3.8) is 0 Å². The van der Waals surface area contributed by atoms with Crippen molar-refractivity contribution in [2.24, 2.45) is 17.3 Å². The van der Waals surface area contributed by atoms with Gasteiger partial charge in [0.1, 0.15) is 11.5 Å². The Balaban J connectivity index is 1.48. The maximum atomic E-state index is 13.2. The van der Waals surface area contributed by atoms with Crippen LogP contribution < -0.4 is 5.32 Å². The predicted molar refractivity (Wildman–Crippen MR) is 137 cm³/mol. The van der Waals surface area contributed by atoms with E-state index in [4.69, 9.17) is 13.9 Å². The summed E-state index contributed by atoms with van der Waals surface area (Å²) in [5.41, 5.74) is -0.622. The minimum absolute atomic E-state index is 0.0109. The van der Waals surface area contributed by atoms with Crippen LogP contribution in [0.25, 0.3) is 0 Å². The second kappa shape index (κ2) is 11.1. The maximum absolute atomic E-state index is 13.2. The van der Waals surface area contributed by atoms with E-state index in [9.17, 15) is 24.3 Å². The fourth-order valence-electron chi connectivity index (χ4n) is 5.10. The summed E-state index contributed by atoms with van der Waals surface area (Å²) in [5, 5.41) is 13.6. The average molecular weight is 550 g/mol. The van der Waals surface area contributed by atoms with E-state index in [1.54, 1.807) is 51.0 Å². The normalized spacial score (nSPS) is 27.6. The van der Waals surface area contributed by atoms with Crippen molar-refractivity contribution >= 4 is 36.0 Å². The number of hydrogen-bond donors (Lipinski definition) is 2. The number of ether oxygens (including phenoxy) is 2. The number of nitrogens with one attached hydrogen (secondary N) is 1. The Labute approximate surface area is 225 Å². The second-order valence-electron chi connectivity index (χ2n) is 11.0. The zero-order valence-electron chi connectivity index (χ0n) is 22.2. The molecule has 3 aliphatic heterocycles. The van der Waals surface area contributed by atoms with Crippen molar-refractivity contribution in [3.05, 3.63) is 34.8 Å². The van der Waals surface area contributed by atoms with Gasteiger partial charge in [0.25, 0.3) is 0 Å². The first-order valence-electron chi connectivity index (χ1n) is 12.7. The number of fused-ring (bicyclic) bond motifs is 1. The van der Waals surface area contributed by atoms with Gasteiger partial charge in [0.15, 0.2) is 0 Å². The van der Waals surface area contributed by atoms with Crippen LogP contribution in [0, 0.1) is 17.3 Å². The molecule has 208 valence electrons. The predicted octanol–water partition coefficient (Wildman–Crippen LogP) is 1.82. The van der Waals surface area contributed by atoms with Gasteiger partial charge in [-0.2, -0.15) is 0 Å². The van der Waals surface area contributed by atoms with Crippen LogP contribution in [0.3, 0.4) is 0 Å². The Morgan fingerprint density at radius 1 is 1.37 bits per heavy atom. The second-order valence-corrected chi connectivity index (χ2v) is 12.3. The Morgan fingerprint density at radius 2 is 2.11 bits per heavy atom. The number of rotatable bonds is 10. The molecule has 11 nitrogen and oxygen atoms in total. The number of carbonyl (C=O) groups excluding carboxylic acids is 4. The first kappa shape index (κ1) is 28.2. The third-order valence-electron chi connectivity index (χ3n) is 7.11. The number of aliphatic hydroxyl groups excluding tert-OH is 1. The Bertz CT molecular complexity index is 1100. The number of β-lactam (4-membered cyclic amide) rings is 1. The first-order chi connectivity index (χ1) is 17.9. The third kappa shape index (κ3) is 5.48. The van der Waals surface area contributed by atoms with E-state index in [2.05, 4.69) is 5.32 Å². The number of nitrogens with zero attached hydrogens (tertiary/aromatic N) is 2. The number of hydrogen-bond acceptors (Lipinski definition) is 10. The van der Waals surface area contributed by atoms with Crippen LogP contribution in [-0.2, 0) is 35.2 Å². The van der Waals surface area contributed by atoms with E-state index < -0.39 is 36.2 Å². The van der Waals surface area contributed by atoms with E-state index in [1.807, 2.05) is 6.92 Å². The van der Waals surface area contributed by atoms with Crippen LogP contribution >= 0.6 is 11.8 Å². The van der Waals surface area contributed by atoms with Crippen molar-refractivity contribution in [2.45, 2.75) is 71.1 Å². The Morgan fingerprint density at radius 3 is 2.71 bits per heavy atom. The molecule has 2 fully saturated rings. The van der Waals surface area contributed by atoms with Crippen LogP contribution in [0.2, 0.25) is 0 Å². The highest BCUT2D eigenvalue weighted by Gasteiger charge is 2.60. The molecule has 4 rings (SSSR count). The molecule has 2 saturated heterocycles. The smallest absolute Gasteiger partial charge is 0.358 e. The van der Waals surface area contributed by atoms with Crippen LogP contribution in [0.15, 0.2) is 33.4 Å². The highest BCUT2D eigenvalue weighted by atomic mass is 32.2. The minimum atomic E-state index is -0.860. The molecule has 2 N–H and O–H groups in total. The molecule has 0 spiro atoms. The summed E-state index contributed by atoms with van der Waals surface area (Å²) < 4.78 is 15.7. The molecule has 0 aromatic carbocycles. The molecular weight excluding hydrogens is 514 g/mol. The van der Waals surface area contributed by atoms with Crippen LogP contribution in [-0.4, -0.2) is 76.1 Å². The van der Waals surface area contributed by atoms with Crippen LogP contribution in [0.1, 0.15) is 46.8 Å². The fraction of sp³-hybridized carbons (Fsp3) is 0.615. The van der Waals surface area contributed by atoms with Crippen molar-refractivity contribution in [3.8, 4) is 0 Å². The molecule has 0 radical (unpaired) electrons. The third-order valence-corrected chi connectivity index (χ3v) is 8.62. The van der Waals surface area contributed by atoms with Gasteiger partial charge in [-0.3, -0.25) is 19.7 Å². The maximum Gasteiger partial charge on any atom is 0.358 e. The van der Waals surface area contributed by atoms with E-state index in [0.717, 1.165) is 6.41 Å². The Hall–Kier alpha value is -2.83. The first-order valence-corrected chi connectivity index (χ1v) is 13.5. The number of aliphatic hydroxyl groups is 1. The summed E-state index contributed by atoms with van der Waals surface area (Å²) in [6.45, 7) is 8.91. The highest BCUT2D eigenvalue weighted by Crippen LogP contribution is 2.52. The molecular formula is C26H35N3O8S. The fourth-order valence-corrected chi connectivity index (χ4v) is 6.56. The SMILES string of the molecule is C[C@@H](O)[C@H]1C(=O)N2C(C(=O)OCOC(=O)C(C)(C)C)=C(S[C@@H]3CN[C@@H](N(C=O)Cc4ccco4)C3)[C@H](C)[C@H]12. The molecule has 0 saturated carbocycles.